The van der Waals surface area contributed by atoms with E-state index in [1.807, 2.05) is 36.0 Å². The molecular formula is C11H14ClNS. The van der Waals surface area contributed by atoms with Crippen LogP contribution in [0.2, 0.25) is 5.02 Å². The summed E-state index contributed by atoms with van der Waals surface area (Å²) in [6.07, 6.45) is 2.55. The van der Waals surface area contributed by atoms with Crippen LogP contribution in [0.5, 0.6) is 0 Å². The van der Waals surface area contributed by atoms with E-state index < -0.39 is 0 Å². The van der Waals surface area contributed by atoms with Gasteiger partial charge in [-0.2, -0.15) is 11.8 Å². The SMILES string of the molecule is NC(c1ccc(Cl)cc1)C1CCCS1. The van der Waals surface area contributed by atoms with Crippen LogP contribution in [0.4, 0.5) is 0 Å². The molecule has 2 atom stereocenters. The summed E-state index contributed by atoms with van der Waals surface area (Å²) in [6, 6.07) is 8.06. The van der Waals surface area contributed by atoms with Crippen molar-refractivity contribution in [3.8, 4) is 0 Å². The van der Waals surface area contributed by atoms with Gasteiger partial charge >= 0.3 is 0 Å². The van der Waals surface area contributed by atoms with Crippen molar-refractivity contribution in [1.82, 2.24) is 0 Å². The summed E-state index contributed by atoms with van der Waals surface area (Å²) in [5, 5.41) is 1.37. The Morgan fingerprint density at radius 2 is 2.07 bits per heavy atom. The van der Waals surface area contributed by atoms with Crippen molar-refractivity contribution < 1.29 is 0 Å². The third-order valence-electron chi connectivity index (χ3n) is 2.62. The van der Waals surface area contributed by atoms with Gasteiger partial charge in [0.15, 0.2) is 0 Å². The van der Waals surface area contributed by atoms with Crippen molar-refractivity contribution in [3.63, 3.8) is 0 Å². The maximum atomic E-state index is 6.19. The Balaban J connectivity index is 2.09. The molecule has 0 bridgehead atoms. The van der Waals surface area contributed by atoms with Crippen LogP contribution in [0, 0.1) is 0 Å². The second kappa shape index (κ2) is 4.56. The highest BCUT2D eigenvalue weighted by Gasteiger charge is 2.23. The van der Waals surface area contributed by atoms with Crippen molar-refractivity contribution in [2.45, 2.75) is 24.1 Å². The lowest BCUT2D eigenvalue weighted by atomic mass is 10.0. The summed E-state index contributed by atoms with van der Waals surface area (Å²) in [7, 11) is 0. The highest BCUT2D eigenvalue weighted by Crippen LogP contribution is 2.34. The molecule has 1 heterocycles. The molecule has 1 aliphatic rings. The topological polar surface area (TPSA) is 26.0 Å². The van der Waals surface area contributed by atoms with Crippen LogP contribution < -0.4 is 5.73 Å². The summed E-state index contributed by atoms with van der Waals surface area (Å²) in [5.74, 6) is 1.26. The van der Waals surface area contributed by atoms with E-state index in [0.717, 1.165) is 5.02 Å². The van der Waals surface area contributed by atoms with E-state index in [-0.39, 0.29) is 6.04 Å². The monoisotopic (exact) mass is 227 g/mol. The maximum Gasteiger partial charge on any atom is 0.0415 e. The smallest absolute Gasteiger partial charge is 0.0415 e. The largest absolute Gasteiger partial charge is 0.323 e. The van der Waals surface area contributed by atoms with Gasteiger partial charge < -0.3 is 5.73 Å². The zero-order valence-electron chi connectivity index (χ0n) is 7.95. The molecule has 0 aromatic heterocycles. The van der Waals surface area contributed by atoms with Gasteiger partial charge in [-0.1, -0.05) is 23.7 Å². The third kappa shape index (κ3) is 2.25. The Morgan fingerprint density at radius 1 is 1.36 bits per heavy atom. The molecule has 2 rings (SSSR count). The molecular weight excluding hydrogens is 214 g/mol. The van der Waals surface area contributed by atoms with Gasteiger partial charge in [-0.3, -0.25) is 0 Å². The molecule has 1 nitrogen and oxygen atoms in total. The van der Waals surface area contributed by atoms with Gasteiger partial charge in [0.05, 0.1) is 0 Å². The molecule has 76 valence electrons. The first-order valence-electron chi connectivity index (χ1n) is 4.90. The molecule has 3 heteroatoms. The first-order valence-corrected chi connectivity index (χ1v) is 6.33. The fraction of sp³-hybridized carbons (Fsp3) is 0.455. The third-order valence-corrected chi connectivity index (χ3v) is 4.35. The van der Waals surface area contributed by atoms with Crippen molar-refractivity contribution >= 4 is 23.4 Å². The minimum absolute atomic E-state index is 0.166. The van der Waals surface area contributed by atoms with Gasteiger partial charge in [0, 0.05) is 16.3 Å². The normalized spacial score (nSPS) is 23.7. The van der Waals surface area contributed by atoms with Crippen molar-refractivity contribution in [2.75, 3.05) is 5.75 Å². The Bertz CT molecular complexity index is 293. The Morgan fingerprint density at radius 3 is 2.64 bits per heavy atom. The van der Waals surface area contributed by atoms with Gasteiger partial charge in [-0.05, 0) is 36.3 Å². The van der Waals surface area contributed by atoms with E-state index >= 15 is 0 Å². The van der Waals surface area contributed by atoms with Gasteiger partial charge in [0.1, 0.15) is 0 Å². The van der Waals surface area contributed by atoms with E-state index in [0.29, 0.717) is 5.25 Å². The Kier molecular flexibility index (Phi) is 3.37. The van der Waals surface area contributed by atoms with Gasteiger partial charge in [-0.25, -0.2) is 0 Å². The lowest BCUT2D eigenvalue weighted by Gasteiger charge is -2.18. The Hall–Kier alpha value is -0.180. The quantitative estimate of drug-likeness (QED) is 0.840. The molecule has 0 amide bonds. The summed E-state index contributed by atoms with van der Waals surface area (Å²) in [4.78, 5) is 0. The lowest BCUT2D eigenvalue weighted by molar-refractivity contribution is 0.645. The predicted molar refractivity (Wildman–Crippen MR) is 63.9 cm³/mol. The van der Waals surface area contributed by atoms with Crippen LogP contribution in [-0.4, -0.2) is 11.0 Å². The molecule has 1 aromatic carbocycles. The molecule has 1 fully saturated rings. The molecule has 0 spiro atoms. The number of thioether (sulfide) groups is 1. The zero-order valence-corrected chi connectivity index (χ0v) is 9.52. The summed E-state index contributed by atoms with van der Waals surface area (Å²) < 4.78 is 0. The summed E-state index contributed by atoms with van der Waals surface area (Å²) in [6.45, 7) is 0. The number of nitrogens with two attached hydrogens (primary N) is 1. The molecule has 0 radical (unpaired) electrons. The van der Waals surface area contributed by atoms with E-state index in [2.05, 4.69) is 0 Å². The number of benzene rings is 1. The molecule has 1 aliphatic heterocycles. The molecule has 0 aliphatic carbocycles. The lowest BCUT2D eigenvalue weighted by Crippen LogP contribution is -2.21. The molecule has 0 saturated carbocycles. The minimum atomic E-state index is 0.166. The fourth-order valence-electron chi connectivity index (χ4n) is 1.79. The first-order chi connectivity index (χ1) is 6.77. The number of rotatable bonds is 2. The molecule has 1 saturated heterocycles. The first kappa shape index (κ1) is 10.3. The number of hydrogen-bond acceptors (Lipinski definition) is 2. The van der Waals surface area contributed by atoms with Crippen molar-refractivity contribution in [3.05, 3.63) is 34.9 Å². The summed E-state index contributed by atoms with van der Waals surface area (Å²) in [5.41, 5.74) is 7.39. The Labute approximate surface area is 94.0 Å². The van der Waals surface area contributed by atoms with Crippen molar-refractivity contribution in [1.29, 1.82) is 0 Å². The van der Waals surface area contributed by atoms with Gasteiger partial charge in [0.2, 0.25) is 0 Å². The number of hydrogen-bond donors (Lipinski definition) is 1. The van der Waals surface area contributed by atoms with Crippen LogP contribution in [0.3, 0.4) is 0 Å². The fourth-order valence-corrected chi connectivity index (χ4v) is 3.25. The van der Waals surface area contributed by atoms with Crippen LogP contribution >= 0.6 is 23.4 Å². The van der Waals surface area contributed by atoms with Crippen LogP contribution in [0.15, 0.2) is 24.3 Å². The van der Waals surface area contributed by atoms with E-state index in [1.54, 1.807) is 0 Å². The average Bonchev–Trinajstić information content (AvgIpc) is 2.71. The van der Waals surface area contributed by atoms with Crippen LogP contribution in [-0.2, 0) is 0 Å². The van der Waals surface area contributed by atoms with E-state index in [4.69, 9.17) is 17.3 Å². The molecule has 2 N–H and O–H groups in total. The highest BCUT2D eigenvalue weighted by atomic mass is 35.5. The van der Waals surface area contributed by atoms with E-state index in [9.17, 15) is 0 Å². The molecule has 2 unspecified atom stereocenters. The molecule has 1 aromatic rings. The second-order valence-electron chi connectivity index (χ2n) is 3.63. The highest BCUT2D eigenvalue weighted by molar-refractivity contribution is 8.00. The second-order valence-corrected chi connectivity index (χ2v) is 5.41. The van der Waals surface area contributed by atoms with Crippen LogP contribution in [0.1, 0.15) is 24.4 Å². The molecule has 14 heavy (non-hydrogen) atoms. The summed E-state index contributed by atoms with van der Waals surface area (Å²) >= 11 is 7.82. The minimum Gasteiger partial charge on any atom is -0.323 e. The van der Waals surface area contributed by atoms with Gasteiger partial charge in [-0.15, -0.1) is 0 Å². The maximum absolute atomic E-state index is 6.19. The standard InChI is InChI=1S/C11H14ClNS/c12-9-5-3-8(4-6-9)11(13)10-2-1-7-14-10/h3-6,10-11H,1-2,7,13H2. The number of halogens is 1. The van der Waals surface area contributed by atoms with Crippen LogP contribution in [0.25, 0.3) is 0 Å². The zero-order chi connectivity index (χ0) is 9.97. The van der Waals surface area contributed by atoms with E-state index in [1.165, 1.54) is 24.2 Å². The average molecular weight is 228 g/mol. The van der Waals surface area contributed by atoms with Crippen molar-refractivity contribution in [2.24, 2.45) is 5.73 Å². The van der Waals surface area contributed by atoms with Gasteiger partial charge in [0.25, 0.3) is 0 Å². The predicted octanol–water partition coefficient (Wildman–Crippen LogP) is 3.24.